The molecule has 0 atom stereocenters. The lowest BCUT2D eigenvalue weighted by Gasteiger charge is -2.05. The van der Waals surface area contributed by atoms with Gasteiger partial charge in [0.2, 0.25) is 5.91 Å². The number of hydrogen-bond acceptors (Lipinski definition) is 2. The highest BCUT2D eigenvalue weighted by atomic mass is 79.9. The van der Waals surface area contributed by atoms with E-state index in [0.29, 0.717) is 11.0 Å². The number of carbonyl (C=O) groups excluding carboxylic acids is 1. The first kappa shape index (κ1) is 15.3. The van der Waals surface area contributed by atoms with Crippen LogP contribution in [0.1, 0.15) is 5.56 Å². The zero-order valence-electron chi connectivity index (χ0n) is 8.72. The maximum absolute atomic E-state index is 12.9. The molecule has 0 radical (unpaired) electrons. The quantitative estimate of drug-likeness (QED) is 0.891. The van der Waals surface area contributed by atoms with Crippen LogP contribution < -0.4 is 10.6 Å². The van der Waals surface area contributed by atoms with E-state index in [1.807, 2.05) is 0 Å². The monoisotopic (exact) mass is 310 g/mol. The molecule has 0 aliphatic heterocycles. The SMILES string of the molecule is CNCC(=O)NCc1cc(F)cc(Br)c1.Cl. The van der Waals surface area contributed by atoms with Crippen molar-refractivity contribution >= 4 is 34.2 Å². The third-order valence-corrected chi connectivity index (χ3v) is 2.21. The molecule has 0 aliphatic rings. The molecule has 0 bridgehead atoms. The van der Waals surface area contributed by atoms with E-state index in [2.05, 4.69) is 26.6 Å². The molecule has 0 unspecified atom stereocenters. The Morgan fingerprint density at radius 2 is 2.12 bits per heavy atom. The van der Waals surface area contributed by atoms with Crippen molar-refractivity contribution < 1.29 is 9.18 Å². The Labute approximate surface area is 108 Å². The fourth-order valence-electron chi connectivity index (χ4n) is 1.14. The van der Waals surface area contributed by atoms with Crippen LogP contribution in [0.4, 0.5) is 4.39 Å². The minimum Gasteiger partial charge on any atom is -0.351 e. The van der Waals surface area contributed by atoms with Gasteiger partial charge in [0.05, 0.1) is 6.54 Å². The molecule has 1 aromatic rings. The van der Waals surface area contributed by atoms with E-state index in [4.69, 9.17) is 0 Å². The van der Waals surface area contributed by atoms with Crippen molar-refractivity contribution in [2.75, 3.05) is 13.6 Å². The van der Waals surface area contributed by atoms with E-state index in [1.54, 1.807) is 13.1 Å². The van der Waals surface area contributed by atoms with Gasteiger partial charge in [-0.3, -0.25) is 4.79 Å². The van der Waals surface area contributed by atoms with Crippen LogP contribution >= 0.6 is 28.3 Å². The van der Waals surface area contributed by atoms with Crippen LogP contribution in [-0.4, -0.2) is 19.5 Å². The minimum absolute atomic E-state index is 0. The zero-order valence-corrected chi connectivity index (χ0v) is 11.1. The lowest BCUT2D eigenvalue weighted by Crippen LogP contribution is -2.31. The number of amides is 1. The third kappa shape index (κ3) is 5.44. The van der Waals surface area contributed by atoms with Crippen molar-refractivity contribution in [2.45, 2.75) is 6.54 Å². The summed E-state index contributed by atoms with van der Waals surface area (Å²) in [6, 6.07) is 4.53. The second-order valence-electron chi connectivity index (χ2n) is 3.08. The number of rotatable bonds is 4. The molecule has 0 saturated heterocycles. The largest absolute Gasteiger partial charge is 0.351 e. The van der Waals surface area contributed by atoms with Gasteiger partial charge in [0, 0.05) is 11.0 Å². The van der Waals surface area contributed by atoms with Gasteiger partial charge in [-0.1, -0.05) is 15.9 Å². The smallest absolute Gasteiger partial charge is 0.234 e. The molecular formula is C10H13BrClFN2O. The van der Waals surface area contributed by atoms with Crippen LogP contribution in [0.2, 0.25) is 0 Å². The molecule has 1 aromatic carbocycles. The standard InChI is InChI=1S/C10H12BrFN2O.ClH/c1-13-6-10(15)14-5-7-2-8(11)4-9(12)3-7;/h2-4,13H,5-6H2,1H3,(H,14,15);1H. The van der Waals surface area contributed by atoms with Crippen LogP contribution in [0.15, 0.2) is 22.7 Å². The van der Waals surface area contributed by atoms with Crippen LogP contribution in [0.5, 0.6) is 0 Å². The summed E-state index contributed by atoms with van der Waals surface area (Å²) in [5.74, 6) is -0.430. The molecule has 3 nitrogen and oxygen atoms in total. The first-order valence-electron chi connectivity index (χ1n) is 4.48. The van der Waals surface area contributed by atoms with Gasteiger partial charge in [-0.2, -0.15) is 0 Å². The van der Waals surface area contributed by atoms with Crippen molar-refractivity contribution in [1.82, 2.24) is 10.6 Å². The highest BCUT2D eigenvalue weighted by molar-refractivity contribution is 9.10. The van der Waals surface area contributed by atoms with Crippen molar-refractivity contribution in [2.24, 2.45) is 0 Å². The lowest BCUT2D eigenvalue weighted by molar-refractivity contribution is -0.120. The molecule has 2 N–H and O–H groups in total. The van der Waals surface area contributed by atoms with Crippen LogP contribution in [0.3, 0.4) is 0 Å². The maximum Gasteiger partial charge on any atom is 0.234 e. The topological polar surface area (TPSA) is 41.1 Å². The van der Waals surface area contributed by atoms with Gasteiger partial charge in [-0.25, -0.2) is 4.39 Å². The summed E-state index contributed by atoms with van der Waals surface area (Å²) in [7, 11) is 1.69. The molecule has 6 heteroatoms. The molecule has 0 heterocycles. The summed E-state index contributed by atoms with van der Waals surface area (Å²) in [4.78, 5) is 11.1. The van der Waals surface area contributed by atoms with Crippen LogP contribution in [-0.2, 0) is 11.3 Å². The molecular weight excluding hydrogens is 298 g/mol. The van der Waals surface area contributed by atoms with E-state index >= 15 is 0 Å². The maximum atomic E-state index is 12.9. The van der Waals surface area contributed by atoms with E-state index < -0.39 is 0 Å². The van der Waals surface area contributed by atoms with Crippen LogP contribution in [0.25, 0.3) is 0 Å². The Morgan fingerprint density at radius 1 is 1.44 bits per heavy atom. The third-order valence-electron chi connectivity index (χ3n) is 1.75. The van der Waals surface area contributed by atoms with Gasteiger partial charge in [0.25, 0.3) is 0 Å². The molecule has 1 rings (SSSR count). The first-order valence-corrected chi connectivity index (χ1v) is 5.27. The minimum atomic E-state index is -0.317. The Hall–Kier alpha value is -0.650. The second kappa shape index (κ2) is 7.60. The molecule has 90 valence electrons. The van der Waals surface area contributed by atoms with Gasteiger partial charge < -0.3 is 10.6 Å². The summed E-state index contributed by atoms with van der Waals surface area (Å²) >= 11 is 3.19. The first-order chi connectivity index (χ1) is 7.11. The van der Waals surface area contributed by atoms with Crippen molar-refractivity contribution in [3.05, 3.63) is 34.1 Å². The molecule has 0 aromatic heterocycles. The van der Waals surface area contributed by atoms with E-state index in [0.717, 1.165) is 5.56 Å². The Kier molecular flexibility index (Phi) is 7.29. The van der Waals surface area contributed by atoms with Gasteiger partial charge in [0.1, 0.15) is 5.82 Å². The average molecular weight is 312 g/mol. The number of nitrogens with one attached hydrogen (secondary N) is 2. The molecule has 1 amide bonds. The normalized spacial score (nSPS) is 9.44. The highest BCUT2D eigenvalue weighted by Crippen LogP contribution is 2.14. The van der Waals surface area contributed by atoms with E-state index in [9.17, 15) is 9.18 Å². The van der Waals surface area contributed by atoms with E-state index in [1.165, 1.54) is 12.1 Å². The lowest BCUT2D eigenvalue weighted by atomic mass is 10.2. The Balaban J connectivity index is 0.00000225. The second-order valence-corrected chi connectivity index (χ2v) is 4.00. The summed E-state index contributed by atoms with van der Waals surface area (Å²) in [5.41, 5.74) is 0.728. The van der Waals surface area contributed by atoms with Gasteiger partial charge in [0.15, 0.2) is 0 Å². The average Bonchev–Trinajstić information content (AvgIpc) is 2.14. The molecule has 0 spiro atoms. The van der Waals surface area contributed by atoms with Crippen molar-refractivity contribution in [1.29, 1.82) is 0 Å². The zero-order chi connectivity index (χ0) is 11.3. The van der Waals surface area contributed by atoms with Crippen molar-refractivity contribution in [3.63, 3.8) is 0 Å². The van der Waals surface area contributed by atoms with Gasteiger partial charge in [-0.05, 0) is 30.8 Å². The summed E-state index contributed by atoms with van der Waals surface area (Å²) < 4.78 is 13.6. The highest BCUT2D eigenvalue weighted by Gasteiger charge is 2.01. The molecule has 0 fully saturated rings. The predicted molar refractivity (Wildman–Crippen MR) is 67.1 cm³/mol. The van der Waals surface area contributed by atoms with Crippen molar-refractivity contribution in [3.8, 4) is 0 Å². The fourth-order valence-corrected chi connectivity index (χ4v) is 1.65. The number of halogens is 3. The van der Waals surface area contributed by atoms with E-state index in [-0.39, 0.29) is 30.7 Å². The summed E-state index contributed by atoms with van der Waals surface area (Å²) in [5, 5.41) is 5.40. The Morgan fingerprint density at radius 3 is 2.69 bits per heavy atom. The molecule has 16 heavy (non-hydrogen) atoms. The Bertz CT molecular complexity index is 342. The van der Waals surface area contributed by atoms with Crippen LogP contribution in [0, 0.1) is 5.82 Å². The van der Waals surface area contributed by atoms with Gasteiger partial charge in [-0.15, -0.1) is 12.4 Å². The fraction of sp³-hybridized carbons (Fsp3) is 0.300. The number of likely N-dealkylation sites (N-methyl/N-ethyl adjacent to an activating group) is 1. The summed E-state index contributed by atoms with van der Waals surface area (Å²) in [6.07, 6.45) is 0. The van der Waals surface area contributed by atoms with Gasteiger partial charge >= 0.3 is 0 Å². The summed E-state index contributed by atoms with van der Waals surface area (Å²) in [6.45, 7) is 0.591. The number of benzene rings is 1. The molecule has 0 saturated carbocycles. The number of hydrogen-bond donors (Lipinski definition) is 2. The number of carbonyl (C=O) groups is 1. The molecule has 0 aliphatic carbocycles. The predicted octanol–water partition coefficient (Wildman–Crippen LogP) is 1.85.